The maximum absolute atomic E-state index is 11.0. The van der Waals surface area contributed by atoms with E-state index in [1.54, 1.807) is 7.11 Å². The van der Waals surface area contributed by atoms with Gasteiger partial charge < -0.3 is 9.84 Å². The third kappa shape index (κ3) is 2.18. The van der Waals surface area contributed by atoms with Crippen LogP contribution >= 0.6 is 15.9 Å². The monoisotopic (exact) mass is 298 g/mol. The summed E-state index contributed by atoms with van der Waals surface area (Å²) in [7, 11) is 1.63. The molecule has 1 aromatic carbocycles. The van der Waals surface area contributed by atoms with Gasteiger partial charge in [0.25, 0.3) is 0 Å². The molecule has 0 amide bonds. The molecule has 0 radical (unpaired) electrons. The van der Waals surface area contributed by atoms with Crippen molar-refractivity contribution < 1.29 is 14.6 Å². The number of rotatable bonds is 4. The van der Waals surface area contributed by atoms with Gasteiger partial charge in [-0.1, -0.05) is 15.9 Å². The van der Waals surface area contributed by atoms with Crippen LogP contribution in [-0.4, -0.2) is 18.2 Å². The quantitative estimate of drug-likeness (QED) is 0.928. The molecule has 3 nitrogen and oxygen atoms in total. The van der Waals surface area contributed by atoms with Gasteiger partial charge >= 0.3 is 5.97 Å². The van der Waals surface area contributed by atoms with Gasteiger partial charge in [0.15, 0.2) is 0 Å². The number of carboxylic acid groups (broad SMARTS) is 1. The van der Waals surface area contributed by atoms with Crippen molar-refractivity contribution in [3.63, 3.8) is 0 Å². The van der Waals surface area contributed by atoms with Crippen molar-refractivity contribution in [1.82, 2.24) is 0 Å². The minimum atomic E-state index is -0.746. The zero-order chi connectivity index (χ0) is 12.6. The average molecular weight is 299 g/mol. The van der Waals surface area contributed by atoms with E-state index in [9.17, 15) is 4.79 Å². The predicted molar refractivity (Wildman–Crippen MR) is 68.6 cm³/mol. The second-order valence-electron chi connectivity index (χ2n) is 4.60. The van der Waals surface area contributed by atoms with Gasteiger partial charge in [-0.05, 0) is 37.5 Å². The lowest BCUT2D eigenvalue weighted by molar-refractivity contribution is -0.137. The molecule has 1 aromatic rings. The van der Waals surface area contributed by atoms with Gasteiger partial charge in [0.1, 0.15) is 5.75 Å². The van der Waals surface area contributed by atoms with Gasteiger partial charge in [0.05, 0.1) is 13.5 Å². The van der Waals surface area contributed by atoms with Crippen molar-refractivity contribution in [2.75, 3.05) is 7.11 Å². The van der Waals surface area contributed by atoms with Gasteiger partial charge in [-0.15, -0.1) is 0 Å². The van der Waals surface area contributed by atoms with E-state index >= 15 is 0 Å². The van der Waals surface area contributed by atoms with Crippen molar-refractivity contribution in [3.05, 3.63) is 27.7 Å². The molecule has 0 saturated heterocycles. The van der Waals surface area contributed by atoms with E-state index in [0.717, 1.165) is 34.2 Å². The first-order valence-corrected chi connectivity index (χ1v) is 6.35. The van der Waals surface area contributed by atoms with Gasteiger partial charge in [0.2, 0.25) is 0 Å². The minimum absolute atomic E-state index is 0.181. The lowest BCUT2D eigenvalue weighted by Gasteiger charge is -2.20. The van der Waals surface area contributed by atoms with Gasteiger partial charge in [0, 0.05) is 15.5 Å². The van der Waals surface area contributed by atoms with Crippen LogP contribution in [0, 0.1) is 6.92 Å². The summed E-state index contributed by atoms with van der Waals surface area (Å²) in [4.78, 5) is 11.0. The van der Waals surface area contributed by atoms with Gasteiger partial charge in [-0.2, -0.15) is 0 Å². The Balaban J connectivity index is 2.50. The van der Waals surface area contributed by atoms with Crippen LogP contribution in [0.3, 0.4) is 0 Å². The van der Waals surface area contributed by atoms with Crippen molar-refractivity contribution >= 4 is 21.9 Å². The first-order chi connectivity index (χ1) is 8.00. The van der Waals surface area contributed by atoms with Gasteiger partial charge in [-0.3, -0.25) is 4.79 Å². The fourth-order valence-electron chi connectivity index (χ4n) is 2.45. The molecule has 0 aliphatic heterocycles. The molecule has 17 heavy (non-hydrogen) atoms. The minimum Gasteiger partial charge on any atom is -0.496 e. The number of hydrogen-bond acceptors (Lipinski definition) is 2. The lowest BCUT2D eigenvalue weighted by Crippen LogP contribution is -2.15. The number of aliphatic carboxylic acids is 1. The van der Waals surface area contributed by atoms with Crippen molar-refractivity contribution in [2.24, 2.45) is 0 Å². The van der Waals surface area contributed by atoms with E-state index in [1.165, 1.54) is 0 Å². The van der Waals surface area contributed by atoms with E-state index < -0.39 is 5.97 Å². The number of benzene rings is 1. The molecular formula is C13H15BrO3. The zero-order valence-electron chi connectivity index (χ0n) is 9.92. The molecular weight excluding hydrogens is 284 g/mol. The number of methoxy groups -OCH3 is 1. The summed E-state index contributed by atoms with van der Waals surface area (Å²) in [6.45, 7) is 2.00. The standard InChI is InChI=1S/C13H15BrO3/c1-8-9(14)3-4-10(17-2)12(8)13(5-6-13)7-11(15)16/h3-4H,5-7H2,1-2H3,(H,15,16). The Kier molecular flexibility index (Phi) is 3.17. The summed E-state index contributed by atoms with van der Waals surface area (Å²) in [6, 6.07) is 3.84. The molecule has 0 bridgehead atoms. The maximum Gasteiger partial charge on any atom is 0.304 e. The Labute approximate surface area is 109 Å². The lowest BCUT2D eigenvalue weighted by atomic mass is 9.88. The van der Waals surface area contributed by atoms with Crippen LogP contribution in [0.1, 0.15) is 30.4 Å². The van der Waals surface area contributed by atoms with Crippen molar-refractivity contribution in [3.8, 4) is 5.75 Å². The van der Waals surface area contributed by atoms with Gasteiger partial charge in [-0.25, -0.2) is 0 Å². The Morgan fingerprint density at radius 3 is 2.65 bits per heavy atom. The smallest absolute Gasteiger partial charge is 0.304 e. The van der Waals surface area contributed by atoms with E-state index in [4.69, 9.17) is 9.84 Å². The Hall–Kier alpha value is -1.03. The summed E-state index contributed by atoms with van der Waals surface area (Å²) in [6.07, 6.45) is 2.03. The highest BCUT2D eigenvalue weighted by Crippen LogP contribution is 2.55. The molecule has 0 atom stereocenters. The first-order valence-electron chi connectivity index (χ1n) is 5.55. The second-order valence-corrected chi connectivity index (χ2v) is 5.45. The molecule has 1 saturated carbocycles. The number of carboxylic acids is 1. The molecule has 92 valence electrons. The largest absolute Gasteiger partial charge is 0.496 e. The van der Waals surface area contributed by atoms with Crippen LogP contribution in [0.5, 0.6) is 5.75 Å². The average Bonchev–Trinajstić information content (AvgIpc) is 3.01. The van der Waals surface area contributed by atoms with Crippen LogP contribution < -0.4 is 4.74 Å². The third-order valence-electron chi connectivity index (χ3n) is 3.45. The second kappa shape index (κ2) is 4.33. The molecule has 0 unspecified atom stereocenters. The maximum atomic E-state index is 11.0. The van der Waals surface area contributed by atoms with Crippen LogP contribution in [0.25, 0.3) is 0 Å². The fraction of sp³-hybridized carbons (Fsp3) is 0.462. The van der Waals surface area contributed by atoms with Crippen molar-refractivity contribution in [1.29, 1.82) is 0 Å². The Bertz CT molecular complexity index is 464. The molecule has 4 heteroatoms. The topological polar surface area (TPSA) is 46.5 Å². The van der Waals surface area contributed by atoms with Crippen LogP contribution in [0.15, 0.2) is 16.6 Å². The summed E-state index contributed by atoms with van der Waals surface area (Å²) in [5.41, 5.74) is 1.92. The molecule has 1 aliphatic rings. The molecule has 1 N–H and O–H groups in total. The summed E-state index contributed by atoms with van der Waals surface area (Å²) >= 11 is 3.49. The highest BCUT2D eigenvalue weighted by molar-refractivity contribution is 9.10. The van der Waals surface area contributed by atoms with Crippen LogP contribution in [0.2, 0.25) is 0 Å². The highest BCUT2D eigenvalue weighted by Gasteiger charge is 2.48. The Morgan fingerprint density at radius 1 is 1.53 bits per heavy atom. The van der Waals surface area contributed by atoms with E-state index in [0.29, 0.717) is 0 Å². The molecule has 0 heterocycles. The molecule has 1 fully saturated rings. The van der Waals surface area contributed by atoms with Crippen LogP contribution in [0.4, 0.5) is 0 Å². The number of hydrogen-bond donors (Lipinski definition) is 1. The van der Waals surface area contributed by atoms with E-state index in [2.05, 4.69) is 15.9 Å². The number of carbonyl (C=O) groups is 1. The van der Waals surface area contributed by atoms with Crippen molar-refractivity contribution in [2.45, 2.75) is 31.6 Å². The van der Waals surface area contributed by atoms with E-state index in [-0.39, 0.29) is 11.8 Å². The SMILES string of the molecule is COc1ccc(Br)c(C)c1C1(CC(=O)O)CC1. The summed E-state index contributed by atoms with van der Waals surface area (Å²) in [5.74, 6) is 0.0494. The predicted octanol–water partition coefficient (Wildman–Crippen LogP) is 3.27. The van der Waals surface area contributed by atoms with Crippen LogP contribution in [-0.2, 0) is 10.2 Å². The zero-order valence-corrected chi connectivity index (χ0v) is 11.5. The molecule has 0 aromatic heterocycles. The third-order valence-corrected chi connectivity index (χ3v) is 4.31. The highest BCUT2D eigenvalue weighted by atomic mass is 79.9. The normalized spacial score (nSPS) is 16.6. The molecule has 0 spiro atoms. The number of halogens is 1. The summed E-state index contributed by atoms with van der Waals surface area (Å²) in [5, 5.41) is 9.02. The number of ether oxygens (including phenoxy) is 1. The fourth-order valence-corrected chi connectivity index (χ4v) is 2.78. The Morgan fingerprint density at radius 2 is 2.18 bits per heavy atom. The first kappa shape index (κ1) is 12.4. The summed E-state index contributed by atoms with van der Waals surface area (Å²) < 4.78 is 6.38. The van der Waals surface area contributed by atoms with E-state index in [1.807, 2.05) is 19.1 Å². The molecule has 1 aliphatic carbocycles. The molecule has 2 rings (SSSR count).